The van der Waals surface area contributed by atoms with Crippen LogP contribution in [0, 0.1) is 10.1 Å². The molecule has 4 rings (SSSR count). The third kappa shape index (κ3) is 4.77. The number of aliphatic hydroxyl groups is 1. The van der Waals surface area contributed by atoms with Crippen LogP contribution < -0.4 is 14.8 Å². The molecule has 2 saturated heterocycles. The highest BCUT2D eigenvalue weighted by Crippen LogP contribution is 2.32. The van der Waals surface area contributed by atoms with Gasteiger partial charge in [0.05, 0.1) is 32.5 Å². The van der Waals surface area contributed by atoms with Gasteiger partial charge in [-0.1, -0.05) is 12.1 Å². The summed E-state index contributed by atoms with van der Waals surface area (Å²) in [4.78, 5) is 15.1. The molecule has 0 aliphatic carbocycles. The van der Waals surface area contributed by atoms with Gasteiger partial charge in [-0.2, -0.15) is 0 Å². The van der Waals surface area contributed by atoms with Gasteiger partial charge in [0.25, 0.3) is 5.09 Å². The van der Waals surface area contributed by atoms with E-state index in [-0.39, 0.29) is 26.4 Å². The number of nitrogens with one attached hydrogen (secondary N) is 1. The van der Waals surface area contributed by atoms with Crippen LogP contribution >= 0.6 is 0 Å². The second-order valence-electron chi connectivity index (χ2n) is 6.87. The Balaban J connectivity index is 1.15. The fraction of sp³-hybridized carbons (Fsp3) is 0.556. The molecule has 11 heteroatoms. The van der Waals surface area contributed by atoms with E-state index in [4.69, 9.17) is 23.7 Å². The molecule has 3 aliphatic heterocycles. The molecule has 2 N–H and O–H groups in total. The first-order valence-corrected chi connectivity index (χ1v) is 9.27. The SMILES string of the molecule is O=[N+]([O-])O[C@@H]1CO[C@H]2[C@@H]1OC[C@@H]2OCC(O)CNCC1=COc2ccccc2O1. The predicted octanol–water partition coefficient (Wildman–Crippen LogP) is 0.00940. The van der Waals surface area contributed by atoms with Crippen molar-refractivity contribution in [2.75, 3.05) is 32.9 Å². The van der Waals surface area contributed by atoms with Crippen molar-refractivity contribution in [3.05, 3.63) is 46.4 Å². The summed E-state index contributed by atoms with van der Waals surface area (Å²) in [6.07, 6.45) is -1.40. The number of fused-ring (bicyclic) bond motifs is 2. The van der Waals surface area contributed by atoms with Crippen LogP contribution in [-0.4, -0.2) is 73.6 Å². The summed E-state index contributed by atoms with van der Waals surface area (Å²) in [5.74, 6) is 1.89. The first kappa shape index (κ1) is 19.9. The van der Waals surface area contributed by atoms with Crippen LogP contribution in [0.2, 0.25) is 0 Å². The van der Waals surface area contributed by atoms with E-state index in [0.29, 0.717) is 23.8 Å². The van der Waals surface area contributed by atoms with Gasteiger partial charge in [-0.25, -0.2) is 0 Å². The molecular weight excluding hydrogens is 388 g/mol. The number of hydrogen-bond acceptors (Lipinski definition) is 10. The van der Waals surface area contributed by atoms with E-state index in [1.807, 2.05) is 24.3 Å². The van der Waals surface area contributed by atoms with Crippen LogP contribution in [-0.2, 0) is 19.0 Å². The Labute approximate surface area is 166 Å². The van der Waals surface area contributed by atoms with Crippen LogP contribution in [0.25, 0.3) is 0 Å². The van der Waals surface area contributed by atoms with E-state index >= 15 is 0 Å². The molecule has 0 spiro atoms. The van der Waals surface area contributed by atoms with Gasteiger partial charge in [0.15, 0.2) is 23.4 Å². The Hall–Kier alpha value is -2.44. The molecule has 1 aromatic rings. The highest BCUT2D eigenvalue weighted by molar-refractivity contribution is 5.42. The van der Waals surface area contributed by atoms with Crippen molar-refractivity contribution in [1.29, 1.82) is 0 Å². The van der Waals surface area contributed by atoms with Crippen molar-refractivity contribution in [2.24, 2.45) is 0 Å². The molecule has 0 saturated carbocycles. The number of ether oxygens (including phenoxy) is 5. The second-order valence-corrected chi connectivity index (χ2v) is 6.87. The fourth-order valence-corrected chi connectivity index (χ4v) is 3.43. The Kier molecular flexibility index (Phi) is 6.11. The molecule has 29 heavy (non-hydrogen) atoms. The monoisotopic (exact) mass is 410 g/mol. The lowest BCUT2D eigenvalue weighted by molar-refractivity contribution is -0.769. The number of para-hydroxylation sites is 2. The molecule has 11 nitrogen and oxygen atoms in total. The molecule has 0 amide bonds. The molecule has 3 aliphatic rings. The Morgan fingerprint density at radius 3 is 2.72 bits per heavy atom. The number of hydrogen-bond donors (Lipinski definition) is 2. The van der Waals surface area contributed by atoms with E-state index in [1.54, 1.807) is 0 Å². The fourth-order valence-electron chi connectivity index (χ4n) is 3.43. The lowest BCUT2D eigenvalue weighted by Gasteiger charge is -2.20. The minimum Gasteiger partial charge on any atom is -0.457 e. The molecule has 158 valence electrons. The molecule has 2 fully saturated rings. The van der Waals surface area contributed by atoms with Crippen molar-refractivity contribution in [3.8, 4) is 11.5 Å². The van der Waals surface area contributed by atoms with Gasteiger partial charge in [0.1, 0.15) is 24.6 Å². The minimum atomic E-state index is -0.849. The molecule has 0 aromatic heterocycles. The molecule has 0 bridgehead atoms. The third-order valence-electron chi connectivity index (χ3n) is 4.77. The van der Waals surface area contributed by atoms with E-state index < -0.39 is 35.6 Å². The highest BCUT2D eigenvalue weighted by atomic mass is 17.0. The summed E-state index contributed by atoms with van der Waals surface area (Å²) in [5, 5.41) is 22.9. The zero-order valence-corrected chi connectivity index (χ0v) is 15.5. The lowest BCUT2D eigenvalue weighted by atomic mass is 10.1. The standard InChI is InChI=1S/C18H22N2O9/c21-11(5-19-6-12-8-25-13-3-1-2-4-14(13)28-12)7-24-15-9-26-18-16(29-20(22)23)10-27-17(15)18/h1-4,8,11,15-19,21H,5-7,9-10H2/t11?,15-,16+,17+,18+/m0/s1. The van der Waals surface area contributed by atoms with Crippen molar-refractivity contribution in [1.82, 2.24) is 5.32 Å². The van der Waals surface area contributed by atoms with Gasteiger partial charge >= 0.3 is 0 Å². The van der Waals surface area contributed by atoms with Crippen molar-refractivity contribution < 1.29 is 38.7 Å². The normalized spacial score (nSPS) is 28.5. The second kappa shape index (κ2) is 8.93. The Bertz CT molecular complexity index is 759. The van der Waals surface area contributed by atoms with Crippen molar-refractivity contribution in [2.45, 2.75) is 30.5 Å². The van der Waals surface area contributed by atoms with Gasteiger partial charge in [0, 0.05) is 6.54 Å². The molecule has 3 heterocycles. The molecule has 1 aromatic carbocycles. The summed E-state index contributed by atoms with van der Waals surface area (Å²) >= 11 is 0. The maximum atomic E-state index is 10.5. The van der Waals surface area contributed by atoms with Crippen LogP contribution in [0.5, 0.6) is 11.5 Å². The molecule has 5 atom stereocenters. The Morgan fingerprint density at radius 1 is 1.21 bits per heavy atom. The van der Waals surface area contributed by atoms with Gasteiger partial charge in [-0.15, -0.1) is 10.1 Å². The first-order valence-electron chi connectivity index (χ1n) is 9.27. The average molecular weight is 410 g/mol. The molecule has 0 radical (unpaired) electrons. The van der Waals surface area contributed by atoms with E-state index in [2.05, 4.69) is 10.2 Å². The number of benzene rings is 1. The van der Waals surface area contributed by atoms with Gasteiger partial charge in [-0.3, -0.25) is 0 Å². The van der Waals surface area contributed by atoms with Crippen LogP contribution in [0.3, 0.4) is 0 Å². The zero-order valence-electron chi connectivity index (χ0n) is 15.5. The number of rotatable bonds is 9. The summed E-state index contributed by atoms with van der Waals surface area (Å²) in [6.45, 7) is 1.02. The van der Waals surface area contributed by atoms with E-state index in [9.17, 15) is 15.2 Å². The smallest absolute Gasteiger partial charge is 0.294 e. The first-order chi connectivity index (χ1) is 14.1. The van der Waals surface area contributed by atoms with Crippen molar-refractivity contribution in [3.63, 3.8) is 0 Å². The van der Waals surface area contributed by atoms with Crippen LogP contribution in [0.1, 0.15) is 0 Å². The summed E-state index contributed by atoms with van der Waals surface area (Å²) < 4.78 is 27.9. The minimum absolute atomic E-state index is 0.0631. The van der Waals surface area contributed by atoms with E-state index in [1.165, 1.54) is 6.26 Å². The number of nitrogens with zero attached hydrogens (tertiary/aromatic N) is 1. The third-order valence-corrected chi connectivity index (χ3v) is 4.77. The highest BCUT2D eigenvalue weighted by Gasteiger charge is 2.50. The van der Waals surface area contributed by atoms with Gasteiger partial charge in [-0.05, 0) is 12.1 Å². The van der Waals surface area contributed by atoms with Gasteiger partial charge < -0.3 is 38.9 Å². The summed E-state index contributed by atoms with van der Waals surface area (Å²) in [7, 11) is 0. The van der Waals surface area contributed by atoms with E-state index in [0.717, 1.165) is 0 Å². The average Bonchev–Trinajstić information content (AvgIpc) is 3.29. The van der Waals surface area contributed by atoms with Gasteiger partial charge in [0.2, 0.25) is 0 Å². The molecular formula is C18H22N2O9. The Morgan fingerprint density at radius 2 is 1.93 bits per heavy atom. The maximum Gasteiger partial charge on any atom is 0.294 e. The lowest BCUT2D eigenvalue weighted by Crippen LogP contribution is -2.38. The predicted molar refractivity (Wildman–Crippen MR) is 95.7 cm³/mol. The topological polar surface area (TPSA) is 131 Å². The zero-order chi connectivity index (χ0) is 20.2. The molecule has 1 unspecified atom stereocenters. The largest absolute Gasteiger partial charge is 0.457 e. The summed E-state index contributed by atoms with van der Waals surface area (Å²) in [6, 6.07) is 7.35. The summed E-state index contributed by atoms with van der Waals surface area (Å²) in [5.41, 5.74) is 0. The quantitative estimate of drug-likeness (QED) is 0.424. The van der Waals surface area contributed by atoms with Crippen molar-refractivity contribution >= 4 is 0 Å². The maximum absolute atomic E-state index is 10.5. The van der Waals surface area contributed by atoms with Crippen LogP contribution in [0.4, 0.5) is 0 Å². The number of aliphatic hydroxyl groups excluding tert-OH is 1. The van der Waals surface area contributed by atoms with Crippen LogP contribution in [0.15, 0.2) is 36.3 Å².